The number of halogens is 2. The molecule has 0 saturated heterocycles. The summed E-state index contributed by atoms with van der Waals surface area (Å²) in [5.74, 6) is -0.401. The van der Waals surface area contributed by atoms with Crippen LogP contribution in [0.5, 0.6) is 0 Å². The van der Waals surface area contributed by atoms with Gasteiger partial charge < -0.3 is 5.11 Å². The first-order chi connectivity index (χ1) is 8.09. The molecular formula is C14H18ClFO. The molecule has 3 heteroatoms. The molecule has 1 aliphatic rings. The van der Waals surface area contributed by atoms with E-state index in [1.807, 2.05) is 0 Å². The van der Waals surface area contributed by atoms with Gasteiger partial charge in [0.05, 0.1) is 10.6 Å². The highest BCUT2D eigenvalue weighted by Crippen LogP contribution is 2.30. The molecule has 2 rings (SSSR count). The Hall–Kier alpha value is -0.600. The quantitative estimate of drug-likeness (QED) is 0.790. The molecule has 94 valence electrons. The summed E-state index contributed by atoms with van der Waals surface area (Å²) < 4.78 is 13.3. The van der Waals surface area contributed by atoms with E-state index in [1.165, 1.54) is 18.9 Å². The van der Waals surface area contributed by atoms with E-state index in [2.05, 4.69) is 0 Å². The van der Waals surface area contributed by atoms with Crippen molar-refractivity contribution in [2.45, 2.75) is 50.5 Å². The fourth-order valence-electron chi connectivity index (χ4n) is 2.59. The predicted molar refractivity (Wildman–Crippen MR) is 67.8 cm³/mol. The van der Waals surface area contributed by atoms with Gasteiger partial charge in [-0.15, -0.1) is 0 Å². The highest BCUT2D eigenvalue weighted by atomic mass is 35.5. The number of hydrogen-bond donors (Lipinski definition) is 1. The average molecular weight is 257 g/mol. The average Bonchev–Trinajstić information content (AvgIpc) is 2.49. The minimum absolute atomic E-state index is 0.140. The maximum Gasteiger partial charge on any atom is 0.142 e. The molecule has 17 heavy (non-hydrogen) atoms. The van der Waals surface area contributed by atoms with E-state index < -0.39 is 11.4 Å². The maximum atomic E-state index is 13.3. The van der Waals surface area contributed by atoms with Crippen LogP contribution >= 0.6 is 11.6 Å². The lowest BCUT2D eigenvalue weighted by Crippen LogP contribution is -2.30. The number of hydrogen-bond acceptors (Lipinski definition) is 1. The Morgan fingerprint density at radius 1 is 1.18 bits per heavy atom. The molecule has 0 aliphatic heterocycles. The highest BCUT2D eigenvalue weighted by Gasteiger charge is 2.28. The molecular weight excluding hydrogens is 239 g/mol. The Kier molecular flexibility index (Phi) is 4.05. The lowest BCUT2D eigenvalue weighted by molar-refractivity contribution is 0.0252. The molecule has 0 spiro atoms. The second-order valence-electron chi connectivity index (χ2n) is 5.06. The van der Waals surface area contributed by atoms with Crippen LogP contribution < -0.4 is 0 Å². The Morgan fingerprint density at radius 3 is 2.41 bits per heavy atom. The van der Waals surface area contributed by atoms with Gasteiger partial charge in [0, 0.05) is 6.42 Å². The van der Waals surface area contributed by atoms with Gasteiger partial charge in [-0.2, -0.15) is 0 Å². The molecule has 1 nitrogen and oxygen atoms in total. The molecule has 0 aromatic heterocycles. The van der Waals surface area contributed by atoms with E-state index in [-0.39, 0.29) is 5.02 Å². The van der Waals surface area contributed by atoms with Crippen LogP contribution in [0.15, 0.2) is 18.2 Å². The van der Waals surface area contributed by atoms with Crippen molar-refractivity contribution in [1.82, 2.24) is 0 Å². The molecule has 1 fully saturated rings. The van der Waals surface area contributed by atoms with Gasteiger partial charge in [0.2, 0.25) is 0 Å². The van der Waals surface area contributed by atoms with Crippen molar-refractivity contribution < 1.29 is 9.50 Å². The molecule has 1 N–H and O–H groups in total. The lowest BCUT2D eigenvalue weighted by atomic mass is 9.87. The summed E-state index contributed by atoms with van der Waals surface area (Å²) in [5.41, 5.74) is 0.174. The first-order valence-electron chi connectivity index (χ1n) is 6.25. The molecule has 0 heterocycles. The molecule has 0 amide bonds. The molecule has 1 aromatic carbocycles. The minimum Gasteiger partial charge on any atom is -0.390 e. The number of rotatable bonds is 2. The fourth-order valence-corrected chi connectivity index (χ4v) is 2.71. The van der Waals surface area contributed by atoms with Crippen molar-refractivity contribution in [2.75, 3.05) is 0 Å². The van der Waals surface area contributed by atoms with Crippen molar-refractivity contribution in [3.63, 3.8) is 0 Å². The van der Waals surface area contributed by atoms with Gasteiger partial charge in [-0.1, -0.05) is 43.4 Å². The van der Waals surface area contributed by atoms with Gasteiger partial charge in [0.15, 0.2) is 0 Å². The number of benzene rings is 1. The molecule has 1 aliphatic carbocycles. The van der Waals surface area contributed by atoms with Gasteiger partial charge in [-0.25, -0.2) is 4.39 Å². The standard InChI is InChI=1S/C14H18ClFO/c15-12-6-5-11(9-13(12)16)10-14(17)7-3-1-2-4-8-14/h5-6,9,17H,1-4,7-8,10H2. The van der Waals surface area contributed by atoms with E-state index in [9.17, 15) is 9.50 Å². The van der Waals surface area contributed by atoms with Gasteiger partial charge >= 0.3 is 0 Å². The van der Waals surface area contributed by atoms with Gasteiger partial charge in [-0.3, -0.25) is 0 Å². The summed E-state index contributed by atoms with van der Waals surface area (Å²) in [6.45, 7) is 0. The third-order valence-corrected chi connectivity index (χ3v) is 3.86. The lowest BCUT2D eigenvalue weighted by Gasteiger charge is -2.26. The largest absolute Gasteiger partial charge is 0.390 e. The zero-order valence-corrected chi connectivity index (χ0v) is 10.6. The van der Waals surface area contributed by atoms with E-state index in [4.69, 9.17) is 11.6 Å². The normalized spacial score (nSPS) is 19.9. The topological polar surface area (TPSA) is 20.2 Å². The Morgan fingerprint density at radius 2 is 1.82 bits per heavy atom. The van der Waals surface area contributed by atoms with E-state index in [0.29, 0.717) is 6.42 Å². The van der Waals surface area contributed by atoms with Crippen molar-refractivity contribution in [2.24, 2.45) is 0 Å². The van der Waals surface area contributed by atoms with Gasteiger partial charge in [-0.05, 0) is 30.5 Å². The zero-order chi connectivity index (χ0) is 12.3. The van der Waals surface area contributed by atoms with Crippen molar-refractivity contribution in [3.05, 3.63) is 34.6 Å². The van der Waals surface area contributed by atoms with Crippen LogP contribution in [0.3, 0.4) is 0 Å². The summed E-state index contributed by atoms with van der Waals surface area (Å²) in [6, 6.07) is 4.80. The Labute approximate surface area is 107 Å². The van der Waals surface area contributed by atoms with Crippen LogP contribution in [-0.2, 0) is 6.42 Å². The van der Waals surface area contributed by atoms with Crippen molar-refractivity contribution in [3.8, 4) is 0 Å². The molecule has 0 bridgehead atoms. The zero-order valence-electron chi connectivity index (χ0n) is 9.88. The predicted octanol–water partition coefficient (Wildman–Crippen LogP) is 4.11. The smallest absolute Gasteiger partial charge is 0.142 e. The summed E-state index contributed by atoms with van der Waals surface area (Å²) >= 11 is 5.65. The molecule has 0 unspecified atom stereocenters. The van der Waals surface area contributed by atoms with Crippen LogP contribution in [0.4, 0.5) is 4.39 Å². The van der Waals surface area contributed by atoms with Crippen LogP contribution in [0, 0.1) is 5.82 Å². The Balaban J connectivity index is 2.10. The third kappa shape index (κ3) is 3.43. The van der Waals surface area contributed by atoms with Crippen LogP contribution in [-0.4, -0.2) is 10.7 Å². The highest BCUT2D eigenvalue weighted by molar-refractivity contribution is 6.30. The second kappa shape index (κ2) is 5.36. The van der Waals surface area contributed by atoms with Crippen molar-refractivity contribution in [1.29, 1.82) is 0 Å². The van der Waals surface area contributed by atoms with E-state index >= 15 is 0 Å². The van der Waals surface area contributed by atoms with Gasteiger partial charge in [0.25, 0.3) is 0 Å². The first kappa shape index (κ1) is 12.8. The molecule has 1 aromatic rings. The first-order valence-corrected chi connectivity index (χ1v) is 6.63. The second-order valence-corrected chi connectivity index (χ2v) is 5.47. The van der Waals surface area contributed by atoms with Crippen LogP contribution in [0.1, 0.15) is 44.1 Å². The summed E-state index contributed by atoms with van der Waals surface area (Å²) in [4.78, 5) is 0. The maximum absolute atomic E-state index is 13.3. The minimum atomic E-state index is -0.656. The monoisotopic (exact) mass is 256 g/mol. The third-order valence-electron chi connectivity index (χ3n) is 3.55. The van der Waals surface area contributed by atoms with E-state index in [1.54, 1.807) is 12.1 Å². The summed E-state index contributed by atoms with van der Waals surface area (Å²) in [6.07, 6.45) is 6.67. The fraction of sp³-hybridized carbons (Fsp3) is 0.571. The van der Waals surface area contributed by atoms with Crippen LogP contribution in [0.25, 0.3) is 0 Å². The SMILES string of the molecule is OC1(Cc2ccc(Cl)c(F)c2)CCCCCC1. The number of aliphatic hydroxyl groups is 1. The van der Waals surface area contributed by atoms with Crippen molar-refractivity contribution >= 4 is 11.6 Å². The van der Waals surface area contributed by atoms with Gasteiger partial charge in [0.1, 0.15) is 5.82 Å². The summed E-state index contributed by atoms with van der Waals surface area (Å²) in [7, 11) is 0. The summed E-state index contributed by atoms with van der Waals surface area (Å²) in [5, 5.41) is 10.6. The van der Waals surface area contributed by atoms with E-state index in [0.717, 1.165) is 31.2 Å². The molecule has 1 saturated carbocycles. The Bertz CT molecular complexity index is 384. The van der Waals surface area contributed by atoms with Crippen LogP contribution in [0.2, 0.25) is 5.02 Å². The molecule has 0 atom stereocenters. The molecule has 0 radical (unpaired) electrons.